The SMILES string of the molecule is O=C(Cc1cccc2ccccc12)N[C@@H](CO)C(=O)N1CCCCCC1. The monoisotopic (exact) mass is 354 g/mol. The van der Waals surface area contributed by atoms with Crippen molar-refractivity contribution >= 4 is 22.6 Å². The Morgan fingerprint density at radius 1 is 1.00 bits per heavy atom. The van der Waals surface area contributed by atoms with Crippen molar-refractivity contribution in [2.24, 2.45) is 0 Å². The Balaban J connectivity index is 1.66. The van der Waals surface area contributed by atoms with Gasteiger partial charge in [-0.1, -0.05) is 55.3 Å². The Morgan fingerprint density at radius 2 is 1.69 bits per heavy atom. The van der Waals surface area contributed by atoms with Crippen LogP contribution in [-0.4, -0.2) is 47.6 Å². The van der Waals surface area contributed by atoms with Gasteiger partial charge in [0.15, 0.2) is 0 Å². The quantitative estimate of drug-likeness (QED) is 0.865. The number of aliphatic hydroxyl groups excluding tert-OH is 1. The van der Waals surface area contributed by atoms with E-state index in [0.717, 1.165) is 42.0 Å². The molecular formula is C21H26N2O3. The molecule has 1 heterocycles. The Morgan fingerprint density at radius 3 is 2.42 bits per heavy atom. The van der Waals surface area contributed by atoms with Crippen LogP contribution in [0.4, 0.5) is 0 Å². The molecule has 5 nitrogen and oxygen atoms in total. The summed E-state index contributed by atoms with van der Waals surface area (Å²) in [5.41, 5.74) is 0.916. The van der Waals surface area contributed by atoms with Crippen LogP contribution >= 0.6 is 0 Å². The summed E-state index contributed by atoms with van der Waals surface area (Å²) >= 11 is 0. The Labute approximate surface area is 154 Å². The predicted octanol–water partition coefficient (Wildman–Crippen LogP) is 2.26. The van der Waals surface area contributed by atoms with Gasteiger partial charge in [-0.25, -0.2) is 0 Å². The highest BCUT2D eigenvalue weighted by Gasteiger charge is 2.26. The lowest BCUT2D eigenvalue weighted by molar-refractivity contribution is -0.137. The first-order valence-electron chi connectivity index (χ1n) is 9.34. The van der Waals surface area contributed by atoms with Gasteiger partial charge in [-0.3, -0.25) is 9.59 Å². The molecule has 0 aliphatic carbocycles. The second-order valence-electron chi connectivity index (χ2n) is 6.86. The topological polar surface area (TPSA) is 69.6 Å². The number of benzene rings is 2. The molecule has 5 heteroatoms. The van der Waals surface area contributed by atoms with Crippen molar-refractivity contribution in [3.05, 3.63) is 48.0 Å². The molecule has 0 radical (unpaired) electrons. The second-order valence-corrected chi connectivity index (χ2v) is 6.86. The van der Waals surface area contributed by atoms with Crippen molar-refractivity contribution in [2.45, 2.75) is 38.1 Å². The maximum atomic E-state index is 12.6. The van der Waals surface area contributed by atoms with Gasteiger partial charge in [-0.2, -0.15) is 0 Å². The van der Waals surface area contributed by atoms with Gasteiger partial charge in [0, 0.05) is 13.1 Å². The van der Waals surface area contributed by atoms with Crippen LogP contribution in [0.15, 0.2) is 42.5 Å². The Kier molecular flexibility index (Phi) is 6.23. The van der Waals surface area contributed by atoms with E-state index in [2.05, 4.69) is 5.32 Å². The van der Waals surface area contributed by atoms with E-state index in [4.69, 9.17) is 0 Å². The third-order valence-corrected chi connectivity index (χ3v) is 4.96. The molecule has 26 heavy (non-hydrogen) atoms. The van der Waals surface area contributed by atoms with E-state index in [0.29, 0.717) is 13.1 Å². The molecule has 0 unspecified atom stereocenters. The zero-order chi connectivity index (χ0) is 18.4. The summed E-state index contributed by atoms with van der Waals surface area (Å²) in [6.45, 7) is 1.03. The van der Waals surface area contributed by atoms with Crippen molar-refractivity contribution in [3.63, 3.8) is 0 Å². The molecule has 1 aliphatic heterocycles. The van der Waals surface area contributed by atoms with E-state index in [1.807, 2.05) is 42.5 Å². The van der Waals surface area contributed by atoms with Gasteiger partial charge in [-0.15, -0.1) is 0 Å². The summed E-state index contributed by atoms with van der Waals surface area (Å²) in [4.78, 5) is 26.9. The van der Waals surface area contributed by atoms with E-state index in [1.165, 1.54) is 0 Å². The fourth-order valence-corrected chi connectivity index (χ4v) is 3.56. The molecule has 1 atom stereocenters. The third kappa shape index (κ3) is 4.41. The fraction of sp³-hybridized carbons (Fsp3) is 0.429. The lowest BCUT2D eigenvalue weighted by Crippen LogP contribution is -2.51. The highest BCUT2D eigenvalue weighted by molar-refractivity contribution is 5.92. The van der Waals surface area contributed by atoms with E-state index < -0.39 is 6.04 Å². The molecule has 0 saturated carbocycles. The van der Waals surface area contributed by atoms with Crippen molar-refractivity contribution in [1.29, 1.82) is 0 Å². The highest BCUT2D eigenvalue weighted by atomic mass is 16.3. The molecule has 1 fully saturated rings. The number of carbonyl (C=O) groups excluding carboxylic acids is 2. The number of fused-ring (bicyclic) bond motifs is 1. The molecule has 0 aromatic heterocycles. The summed E-state index contributed by atoms with van der Waals surface area (Å²) in [5.74, 6) is -0.427. The van der Waals surface area contributed by atoms with Crippen molar-refractivity contribution in [3.8, 4) is 0 Å². The molecule has 2 N–H and O–H groups in total. The van der Waals surface area contributed by atoms with Crippen LogP contribution in [0, 0.1) is 0 Å². The Bertz CT molecular complexity index is 761. The first kappa shape index (κ1) is 18.4. The number of rotatable bonds is 5. The molecule has 3 rings (SSSR count). The van der Waals surface area contributed by atoms with Gasteiger partial charge < -0.3 is 15.3 Å². The summed E-state index contributed by atoms with van der Waals surface area (Å²) in [6.07, 6.45) is 4.40. The number of nitrogens with zero attached hydrogens (tertiary/aromatic N) is 1. The minimum absolute atomic E-state index is 0.180. The average molecular weight is 354 g/mol. The van der Waals surface area contributed by atoms with E-state index >= 15 is 0 Å². The molecular weight excluding hydrogens is 328 g/mol. The molecule has 1 saturated heterocycles. The van der Waals surface area contributed by atoms with Crippen LogP contribution in [-0.2, 0) is 16.0 Å². The molecule has 0 bridgehead atoms. The van der Waals surface area contributed by atoms with Gasteiger partial charge in [-0.05, 0) is 29.2 Å². The molecule has 1 aliphatic rings. The second kappa shape index (κ2) is 8.81. The number of amides is 2. The van der Waals surface area contributed by atoms with Crippen LogP contribution in [0.3, 0.4) is 0 Å². The van der Waals surface area contributed by atoms with Gasteiger partial charge in [0.25, 0.3) is 0 Å². The standard InChI is InChI=1S/C21H26N2O3/c24-15-19(21(26)23-12-5-1-2-6-13-23)22-20(25)14-17-10-7-9-16-8-3-4-11-18(16)17/h3-4,7-11,19,24H,1-2,5-6,12-15H2,(H,22,25)/t19-/m0/s1. The van der Waals surface area contributed by atoms with Gasteiger partial charge >= 0.3 is 0 Å². The number of likely N-dealkylation sites (tertiary alicyclic amines) is 1. The minimum Gasteiger partial charge on any atom is -0.394 e. The van der Waals surface area contributed by atoms with Gasteiger partial charge in [0.2, 0.25) is 11.8 Å². The summed E-state index contributed by atoms with van der Waals surface area (Å²) in [5, 5.41) is 14.5. The molecule has 138 valence electrons. The smallest absolute Gasteiger partial charge is 0.247 e. The minimum atomic E-state index is -0.865. The zero-order valence-electron chi connectivity index (χ0n) is 15.0. The molecule has 2 aromatic carbocycles. The number of nitrogens with one attached hydrogen (secondary N) is 1. The summed E-state index contributed by atoms with van der Waals surface area (Å²) < 4.78 is 0. The predicted molar refractivity (Wildman–Crippen MR) is 102 cm³/mol. The first-order chi connectivity index (χ1) is 12.7. The first-order valence-corrected chi connectivity index (χ1v) is 9.34. The lowest BCUT2D eigenvalue weighted by atomic mass is 10.0. The normalized spacial score (nSPS) is 16.1. The maximum absolute atomic E-state index is 12.6. The van der Waals surface area contributed by atoms with Crippen LogP contribution < -0.4 is 5.32 Å². The van der Waals surface area contributed by atoms with Crippen molar-refractivity contribution in [1.82, 2.24) is 10.2 Å². The highest BCUT2D eigenvalue weighted by Crippen LogP contribution is 2.19. The van der Waals surface area contributed by atoms with Gasteiger partial charge in [0.1, 0.15) is 6.04 Å². The van der Waals surface area contributed by atoms with Crippen molar-refractivity contribution in [2.75, 3.05) is 19.7 Å². The maximum Gasteiger partial charge on any atom is 0.247 e. The van der Waals surface area contributed by atoms with Crippen LogP contribution in [0.25, 0.3) is 10.8 Å². The largest absolute Gasteiger partial charge is 0.394 e. The summed E-state index contributed by atoms with van der Waals surface area (Å²) in [7, 11) is 0. The number of hydrogen-bond donors (Lipinski definition) is 2. The number of carbonyl (C=O) groups is 2. The average Bonchev–Trinajstić information content (AvgIpc) is 2.95. The zero-order valence-corrected chi connectivity index (χ0v) is 15.0. The van der Waals surface area contributed by atoms with Gasteiger partial charge in [0.05, 0.1) is 13.0 Å². The molecule has 2 amide bonds. The lowest BCUT2D eigenvalue weighted by Gasteiger charge is -2.25. The number of hydrogen-bond acceptors (Lipinski definition) is 3. The van der Waals surface area contributed by atoms with Crippen LogP contribution in [0.1, 0.15) is 31.2 Å². The van der Waals surface area contributed by atoms with E-state index in [1.54, 1.807) is 4.90 Å². The van der Waals surface area contributed by atoms with E-state index in [9.17, 15) is 14.7 Å². The van der Waals surface area contributed by atoms with Crippen LogP contribution in [0.5, 0.6) is 0 Å². The van der Waals surface area contributed by atoms with E-state index in [-0.39, 0.29) is 24.8 Å². The summed E-state index contributed by atoms with van der Waals surface area (Å²) in [6, 6.07) is 12.9. The third-order valence-electron chi connectivity index (χ3n) is 4.96. The Hall–Kier alpha value is -2.40. The van der Waals surface area contributed by atoms with Crippen molar-refractivity contribution < 1.29 is 14.7 Å². The molecule has 2 aromatic rings. The number of aliphatic hydroxyl groups is 1. The molecule has 0 spiro atoms. The fourth-order valence-electron chi connectivity index (χ4n) is 3.56. The van der Waals surface area contributed by atoms with Crippen LogP contribution in [0.2, 0.25) is 0 Å².